The van der Waals surface area contributed by atoms with Crippen molar-refractivity contribution >= 4 is 0 Å². The van der Waals surface area contributed by atoms with Gasteiger partial charge in [-0.05, 0) is 73.2 Å². The molecule has 3 aromatic rings. The lowest BCUT2D eigenvalue weighted by Gasteiger charge is -2.20. The highest BCUT2D eigenvalue weighted by atomic mass is 14.9. The highest BCUT2D eigenvalue weighted by molar-refractivity contribution is 5.85. The Kier molecular flexibility index (Phi) is 2.87. The van der Waals surface area contributed by atoms with Gasteiger partial charge in [0.05, 0.1) is 11.3 Å². The first-order chi connectivity index (χ1) is 16.7. The fraction of sp³-hybridized carbons (Fsp3) is 0.407. The normalized spacial score (nSPS) is 18.3. The van der Waals surface area contributed by atoms with Crippen molar-refractivity contribution in [2.24, 2.45) is 12.5 Å². The van der Waals surface area contributed by atoms with Crippen LogP contribution in [-0.4, -0.2) is 4.98 Å². The molecule has 0 amide bonds. The van der Waals surface area contributed by atoms with E-state index in [1.54, 1.807) is 51.4 Å². The predicted octanol–water partition coefficient (Wildman–Crippen LogP) is 5.97. The van der Waals surface area contributed by atoms with Gasteiger partial charge in [-0.2, -0.15) is 0 Å². The molecule has 2 nitrogen and oxygen atoms in total. The van der Waals surface area contributed by atoms with Crippen LogP contribution in [0.4, 0.5) is 0 Å². The molecule has 4 rings (SSSR count). The van der Waals surface area contributed by atoms with Crippen molar-refractivity contribution in [1.29, 1.82) is 0 Å². The van der Waals surface area contributed by atoms with Gasteiger partial charge in [-0.25, -0.2) is 4.57 Å². The van der Waals surface area contributed by atoms with E-state index in [0.29, 0.717) is 29.1 Å². The number of rotatable bonds is 2. The summed E-state index contributed by atoms with van der Waals surface area (Å²) in [7, 11) is 1.76. The second-order valence-corrected chi connectivity index (χ2v) is 9.07. The second-order valence-electron chi connectivity index (χ2n) is 9.07. The van der Waals surface area contributed by atoms with Crippen LogP contribution < -0.4 is 4.57 Å². The predicted molar refractivity (Wildman–Crippen MR) is 121 cm³/mol. The van der Waals surface area contributed by atoms with Crippen LogP contribution in [-0.2, 0) is 19.8 Å². The minimum atomic E-state index is -2.50. The summed E-state index contributed by atoms with van der Waals surface area (Å²) >= 11 is 0. The zero-order valence-corrected chi connectivity index (χ0v) is 18.0. The molecule has 0 saturated heterocycles. The van der Waals surface area contributed by atoms with Crippen LogP contribution in [0.5, 0.6) is 0 Å². The third kappa shape index (κ3) is 3.50. The molecule has 0 atom stereocenters. The molecule has 0 bridgehead atoms. The van der Waals surface area contributed by atoms with Crippen LogP contribution in [0.3, 0.4) is 0 Å². The Morgan fingerprint density at radius 2 is 1.83 bits per heavy atom. The molecule has 0 aliphatic heterocycles. The molecule has 1 aromatic carbocycles. The Labute approximate surface area is 186 Å². The van der Waals surface area contributed by atoms with Crippen molar-refractivity contribution in [3.63, 3.8) is 0 Å². The molecule has 1 aliphatic carbocycles. The van der Waals surface area contributed by atoms with Gasteiger partial charge in [0.15, 0.2) is 6.20 Å². The zero-order valence-electron chi connectivity index (χ0n) is 26.0. The van der Waals surface area contributed by atoms with Crippen LogP contribution >= 0.6 is 0 Å². The molecule has 0 spiro atoms. The summed E-state index contributed by atoms with van der Waals surface area (Å²) in [5.41, 5.74) is 5.68. The van der Waals surface area contributed by atoms with E-state index in [4.69, 9.17) is 11.0 Å². The maximum absolute atomic E-state index is 8.94. The molecular formula is C27H33N2+. The summed E-state index contributed by atoms with van der Waals surface area (Å²) in [5.74, 6) is 0. The number of hydrogen-bond acceptors (Lipinski definition) is 1. The number of fused-ring (bicyclic) bond motifs is 3. The van der Waals surface area contributed by atoms with E-state index in [1.807, 2.05) is 19.1 Å². The molecule has 0 fully saturated rings. The Bertz CT molecular complexity index is 1410. The topological polar surface area (TPSA) is 16.8 Å². The van der Waals surface area contributed by atoms with E-state index in [2.05, 4.69) is 4.98 Å². The molecule has 2 heteroatoms. The van der Waals surface area contributed by atoms with Crippen molar-refractivity contribution in [1.82, 2.24) is 4.98 Å². The number of nitrogens with zero attached hydrogens (tertiary/aromatic N) is 2. The summed E-state index contributed by atoms with van der Waals surface area (Å²) < 4.78 is 68.3. The quantitative estimate of drug-likeness (QED) is 0.384. The molecule has 0 saturated carbocycles. The Morgan fingerprint density at radius 1 is 1.07 bits per heavy atom. The summed E-state index contributed by atoms with van der Waals surface area (Å²) in [4.78, 5) is 4.67. The summed E-state index contributed by atoms with van der Waals surface area (Å²) in [6.07, 6.45) is 0.0229. The van der Waals surface area contributed by atoms with Crippen LogP contribution in [0.15, 0.2) is 30.5 Å². The minimum absolute atomic E-state index is 0.0193. The standard InChI is InChI=1S/C27H33N2/c1-16-9-10-21-22(13-23-25(21)17(2)11-19(4)28-23)26(16)24-12-20(14-27(5,6)7)18(3)15-29(24)8/h9-12,15H,13-14H2,1-8H3/q+1/i2D3,3D3,14D2. The van der Waals surface area contributed by atoms with Gasteiger partial charge in [-0.15, -0.1) is 0 Å². The number of aromatic nitrogens is 2. The largest absolute Gasteiger partial charge is 0.257 e. The van der Waals surface area contributed by atoms with Gasteiger partial charge >= 0.3 is 0 Å². The lowest BCUT2D eigenvalue weighted by Crippen LogP contribution is -2.32. The van der Waals surface area contributed by atoms with Crippen LogP contribution in [0.25, 0.3) is 22.4 Å². The van der Waals surface area contributed by atoms with Gasteiger partial charge in [-0.1, -0.05) is 32.9 Å². The van der Waals surface area contributed by atoms with Gasteiger partial charge in [0, 0.05) is 40.3 Å². The maximum Gasteiger partial charge on any atom is 0.213 e. The SMILES string of the molecule is [2H]C([2H])([2H])c1c[n+](C)c(-c2c(C)ccc3c2Cc2nc(C)cc(C([2H])([2H])[2H])c2-3)cc1C([2H])([2H])C(C)(C)C. The molecule has 2 heterocycles. The fourth-order valence-corrected chi connectivity index (χ4v) is 4.28. The molecule has 1 aliphatic rings. The number of pyridine rings is 2. The Morgan fingerprint density at radius 3 is 2.52 bits per heavy atom. The lowest BCUT2D eigenvalue weighted by molar-refractivity contribution is -0.660. The van der Waals surface area contributed by atoms with Crippen molar-refractivity contribution in [3.8, 4) is 22.4 Å². The van der Waals surface area contributed by atoms with E-state index in [9.17, 15) is 0 Å². The first kappa shape index (κ1) is 12.3. The van der Waals surface area contributed by atoms with Gasteiger partial charge in [-0.3, -0.25) is 4.98 Å². The highest BCUT2D eigenvalue weighted by Crippen LogP contribution is 2.43. The Hall–Kier alpha value is -2.48. The number of hydrogen-bond donors (Lipinski definition) is 0. The molecule has 0 N–H and O–H groups in total. The molecule has 0 radical (unpaired) electrons. The lowest BCUT2D eigenvalue weighted by atomic mass is 9.85. The Balaban J connectivity index is 2.06. The van der Waals surface area contributed by atoms with Crippen molar-refractivity contribution in [3.05, 3.63) is 69.7 Å². The van der Waals surface area contributed by atoms with Gasteiger partial charge in [0.1, 0.15) is 7.05 Å². The highest BCUT2D eigenvalue weighted by Gasteiger charge is 2.29. The van der Waals surface area contributed by atoms with Gasteiger partial charge in [0.25, 0.3) is 0 Å². The first-order valence-corrected chi connectivity index (χ1v) is 9.94. The summed E-state index contributed by atoms with van der Waals surface area (Å²) in [6.45, 7) is 4.23. The van der Waals surface area contributed by atoms with Crippen LogP contribution in [0.2, 0.25) is 0 Å². The third-order valence-electron chi connectivity index (χ3n) is 5.40. The monoisotopic (exact) mass is 393 g/mol. The average molecular weight is 394 g/mol. The van der Waals surface area contributed by atoms with E-state index in [1.165, 1.54) is 6.20 Å². The minimum Gasteiger partial charge on any atom is -0.257 e. The number of aryl methyl sites for hydroxylation is 5. The average Bonchev–Trinajstić information content (AvgIpc) is 3.08. The molecule has 2 aromatic heterocycles. The van der Waals surface area contributed by atoms with Crippen molar-refractivity contribution in [2.45, 2.75) is 61.1 Å². The smallest absolute Gasteiger partial charge is 0.213 e. The molecule has 150 valence electrons. The second kappa shape index (κ2) is 6.79. The molecule has 29 heavy (non-hydrogen) atoms. The fourth-order valence-electron chi connectivity index (χ4n) is 4.28. The zero-order chi connectivity index (χ0) is 27.9. The van der Waals surface area contributed by atoms with Crippen molar-refractivity contribution < 1.29 is 15.5 Å². The molecule has 0 unspecified atom stereocenters. The van der Waals surface area contributed by atoms with Gasteiger partial charge < -0.3 is 0 Å². The third-order valence-corrected chi connectivity index (χ3v) is 5.40. The van der Waals surface area contributed by atoms with E-state index in [0.717, 1.165) is 22.3 Å². The van der Waals surface area contributed by atoms with E-state index < -0.39 is 25.5 Å². The van der Waals surface area contributed by atoms with Crippen LogP contribution in [0.1, 0.15) is 70.9 Å². The number of benzene rings is 1. The van der Waals surface area contributed by atoms with Crippen LogP contribution in [0, 0.1) is 33.0 Å². The summed E-state index contributed by atoms with van der Waals surface area (Å²) in [5, 5.41) is 0. The van der Waals surface area contributed by atoms with E-state index >= 15 is 0 Å². The molecular weight excluding hydrogens is 352 g/mol. The van der Waals surface area contributed by atoms with Crippen molar-refractivity contribution in [2.75, 3.05) is 0 Å². The van der Waals surface area contributed by atoms with Gasteiger partial charge in [0.2, 0.25) is 5.69 Å². The maximum atomic E-state index is 8.94. The van der Waals surface area contributed by atoms with E-state index in [-0.39, 0.29) is 16.7 Å². The first-order valence-electron chi connectivity index (χ1n) is 13.9. The summed E-state index contributed by atoms with van der Waals surface area (Å²) in [6, 6.07) is 7.16.